The van der Waals surface area contributed by atoms with E-state index < -0.39 is 4.92 Å². The van der Waals surface area contributed by atoms with Crippen molar-refractivity contribution in [2.24, 2.45) is 0 Å². The number of ether oxygens (including phenoxy) is 1. The normalized spacial score (nSPS) is 19.2. The van der Waals surface area contributed by atoms with Crippen LogP contribution in [0.3, 0.4) is 0 Å². The predicted octanol–water partition coefficient (Wildman–Crippen LogP) is 4.44. The minimum absolute atomic E-state index is 0.0147. The van der Waals surface area contributed by atoms with E-state index in [1.807, 2.05) is 18.2 Å². The molecule has 1 aromatic heterocycles. The number of non-ortho nitro benzene ring substituents is 1. The molecule has 0 amide bonds. The zero-order valence-corrected chi connectivity index (χ0v) is 15.6. The molecule has 1 saturated carbocycles. The third-order valence-electron chi connectivity index (χ3n) is 4.07. The number of carbonyl (C=O) groups excluding carboxylic acids is 1. The molecule has 1 fully saturated rings. The maximum Gasteiger partial charge on any atom is 0.310 e. The van der Waals surface area contributed by atoms with Gasteiger partial charge in [-0.15, -0.1) is 0 Å². The Morgan fingerprint density at radius 1 is 1.23 bits per heavy atom. The number of carbonyl (C=O) groups is 1. The van der Waals surface area contributed by atoms with Gasteiger partial charge in [0.25, 0.3) is 5.69 Å². The first kappa shape index (κ1) is 18.7. The van der Waals surface area contributed by atoms with Gasteiger partial charge < -0.3 is 4.74 Å². The third kappa shape index (κ3) is 5.22. The van der Waals surface area contributed by atoms with Crippen molar-refractivity contribution in [1.82, 2.24) is 4.98 Å². The van der Waals surface area contributed by atoms with Gasteiger partial charge in [-0.2, -0.15) is 0 Å². The predicted molar refractivity (Wildman–Crippen MR) is 102 cm³/mol. The number of rotatable bonds is 7. The topological polar surface area (TPSA) is 82.3 Å². The monoisotopic (exact) mass is 390 g/mol. The van der Waals surface area contributed by atoms with E-state index in [1.54, 1.807) is 39.9 Å². The zero-order chi connectivity index (χ0) is 18.4. The Morgan fingerprint density at radius 2 is 2.04 bits per heavy atom. The first-order valence-corrected chi connectivity index (χ1v) is 10.5. The van der Waals surface area contributed by atoms with Crippen LogP contribution in [-0.4, -0.2) is 27.2 Å². The van der Waals surface area contributed by atoms with Gasteiger partial charge in [-0.25, -0.2) is 4.98 Å². The largest absolute Gasteiger partial charge is 0.461 e. The summed E-state index contributed by atoms with van der Waals surface area (Å²) >= 11 is 0. The van der Waals surface area contributed by atoms with Gasteiger partial charge in [0.15, 0.2) is 0 Å². The van der Waals surface area contributed by atoms with Crippen molar-refractivity contribution in [2.75, 3.05) is 0 Å². The highest BCUT2D eigenvalue weighted by Crippen LogP contribution is 2.41. The lowest BCUT2D eigenvalue weighted by atomic mass is 10.1. The number of pyridine rings is 1. The van der Waals surface area contributed by atoms with Crippen molar-refractivity contribution >= 4 is 33.2 Å². The lowest BCUT2D eigenvalue weighted by Crippen LogP contribution is -2.24. The summed E-state index contributed by atoms with van der Waals surface area (Å²) in [5, 5.41) is 11.9. The van der Waals surface area contributed by atoms with Gasteiger partial charge in [-0.05, 0) is 47.8 Å². The van der Waals surface area contributed by atoms with Gasteiger partial charge >= 0.3 is 5.97 Å². The van der Waals surface area contributed by atoms with Crippen LogP contribution >= 0.6 is 21.6 Å². The molecular formula is C18H18N2O4S2. The summed E-state index contributed by atoms with van der Waals surface area (Å²) in [7, 11) is 3.31. The van der Waals surface area contributed by atoms with Crippen molar-refractivity contribution in [1.29, 1.82) is 0 Å². The number of nitrogens with zero attached hydrogens (tertiary/aromatic N) is 2. The van der Waals surface area contributed by atoms with E-state index in [0.29, 0.717) is 5.56 Å². The van der Waals surface area contributed by atoms with Gasteiger partial charge in [0, 0.05) is 18.3 Å². The molecule has 8 heteroatoms. The highest BCUT2D eigenvalue weighted by molar-refractivity contribution is 8.76. The second-order valence-corrected chi connectivity index (χ2v) is 8.41. The SMILES string of the molecule is O=C(Cc1ccc([N+](=O)[O-])cc1)O[C@H]1CCC[C@@H]1SSc1ccccn1. The molecule has 2 atom stereocenters. The summed E-state index contributed by atoms with van der Waals surface area (Å²) in [6.45, 7) is 0. The summed E-state index contributed by atoms with van der Waals surface area (Å²) in [6.07, 6.45) is 4.71. The molecule has 3 rings (SSSR count). The van der Waals surface area contributed by atoms with Crippen LogP contribution < -0.4 is 0 Å². The van der Waals surface area contributed by atoms with Gasteiger partial charge in [-0.3, -0.25) is 14.9 Å². The van der Waals surface area contributed by atoms with Crippen LogP contribution in [0.1, 0.15) is 24.8 Å². The summed E-state index contributed by atoms with van der Waals surface area (Å²) in [5.74, 6) is -0.292. The van der Waals surface area contributed by atoms with E-state index in [0.717, 1.165) is 24.3 Å². The zero-order valence-electron chi connectivity index (χ0n) is 13.9. The molecule has 1 heterocycles. The average Bonchev–Trinajstić information content (AvgIpc) is 3.08. The van der Waals surface area contributed by atoms with E-state index in [9.17, 15) is 14.9 Å². The fraction of sp³-hybridized carbons (Fsp3) is 0.333. The maximum absolute atomic E-state index is 12.2. The molecule has 0 aliphatic heterocycles. The van der Waals surface area contributed by atoms with E-state index in [2.05, 4.69) is 4.98 Å². The molecule has 0 saturated heterocycles. The molecule has 0 N–H and O–H groups in total. The Labute approximate surface area is 159 Å². The first-order valence-electron chi connectivity index (χ1n) is 8.29. The second-order valence-electron chi connectivity index (χ2n) is 5.95. The van der Waals surface area contributed by atoms with Crippen molar-refractivity contribution in [2.45, 2.75) is 42.1 Å². The molecule has 136 valence electrons. The Bertz CT molecular complexity index is 756. The van der Waals surface area contributed by atoms with Crippen molar-refractivity contribution in [3.8, 4) is 0 Å². The van der Waals surface area contributed by atoms with E-state index in [-0.39, 0.29) is 29.4 Å². The average molecular weight is 390 g/mol. The van der Waals surface area contributed by atoms with Crippen LogP contribution in [0.4, 0.5) is 5.69 Å². The van der Waals surface area contributed by atoms with Crippen LogP contribution in [-0.2, 0) is 16.0 Å². The molecule has 1 aliphatic rings. The molecule has 0 radical (unpaired) electrons. The summed E-state index contributed by atoms with van der Waals surface area (Å²) in [6, 6.07) is 11.8. The summed E-state index contributed by atoms with van der Waals surface area (Å²) in [4.78, 5) is 26.7. The molecule has 26 heavy (non-hydrogen) atoms. The highest BCUT2D eigenvalue weighted by Gasteiger charge is 2.31. The Balaban J connectivity index is 1.50. The van der Waals surface area contributed by atoms with Crippen LogP contribution in [0, 0.1) is 10.1 Å². The summed E-state index contributed by atoms with van der Waals surface area (Å²) in [5.41, 5.74) is 0.728. The number of benzene rings is 1. The van der Waals surface area contributed by atoms with Crippen molar-refractivity contribution in [3.63, 3.8) is 0 Å². The van der Waals surface area contributed by atoms with Crippen molar-refractivity contribution < 1.29 is 14.5 Å². The van der Waals surface area contributed by atoms with Gasteiger partial charge in [0.05, 0.1) is 16.6 Å². The number of hydrogen-bond acceptors (Lipinski definition) is 7. The molecule has 1 aliphatic carbocycles. The third-order valence-corrected chi connectivity index (χ3v) is 6.90. The minimum Gasteiger partial charge on any atom is -0.461 e. The van der Waals surface area contributed by atoms with Gasteiger partial charge in [0.1, 0.15) is 11.1 Å². The molecule has 1 aromatic carbocycles. The Kier molecular flexibility index (Phi) is 6.51. The smallest absolute Gasteiger partial charge is 0.310 e. The van der Waals surface area contributed by atoms with Gasteiger partial charge in [0.2, 0.25) is 0 Å². The lowest BCUT2D eigenvalue weighted by molar-refractivity contribution is -0.384. The fourth-order valence-corrected chi connectivity index (χ4v) is 5.42. The number of aromatic nitrogens is 1. The van der Waals surface area contributed by atoms with Crippen LogP contribution in [0.25, 0.3) is 0 Å². The number of esters is 1. The van der Waals surface area contributed by atoms with E-state index in [1.165, 1.54) is 12.1 Å². The Hall–Kier alpha value is -2.06. The second kappa shape index (κ2) is 9.05. The Morgan fingerprint density at radius 3 is 2.73 bits per heavy atom. The maximum atomic E-state index is 12.2. The minimum atomic E-state index is -0.457. The van der Waals surface area contributed by atoms with Crippen LogP contribution in [0.2, 0.25) is 0 Å². The summed E-state index contributed by atoms with van der Waals surface area (Å²) < 4.78 is 5.67. The standard InChI is InChI=1S/C18H18N2O4S2/c21-18(12-13-7-9-14(10-8-13)20(22)23)24-15-4-3-5-16(15)25-26-17-6-1-2-11-19-17/h1-2,6-11,15-16H,3-5,12H2/t15-,16-/m0/s1. The van der Waals surface area contributed by atoms with Gasteiger partial charge in [-0.1, -0.05) is 29.0 Å². The van der Waals surface area contributed by atoms with Crippen LogP contribution in [0.5, 0.6) is 0 Å². The number of nitro groups is 1. The lowest BCUT2D eigenvalue weighted by Gasteiger charge is -2.19. The quantitative estimate of drug-likeness (QED) is 0.299. The van der Waals surface area contributed by atoms with E-state index in [4.69, 9.17) is 4.74 Å². The van der Waals surface area contributed by atoms with Crippen LogP contribution in [0.15, 0.2) is 53.7 Å². The number of hydrogen-bond donors (Lipinski definition) is 0. The molecule has 0 spiro atoms. The highest BCUT2D eigenvalue weighted by atomic mass is 33.1. The fourth-order valence-electron chi connectivity index (χ4n) is 2.76. The van der Waals surface area contributed by atoms with Crippen molar-refractivity contribution in [3.05, 3.63) is 64.3 Å². The molecule has 0 unspecified atom stereocenters. The first-order chi connectivity index (χ1) is 12.6. The molecule has 2 aromatic rings. The molecule has 0 bridgehead atoms. The van der Waals surface area contributed by atoms with E-state index >= 15 is 0 Å². The number of nitro benzene ring substituents is 1. The molecule has 6 nitrogen and oxygen atoms in total. The molecular weight excluding hydrogens is 372 g/mol.